The minimum Gasteiger partial charge on any atom is -0.396 e. The molecule has 5 nitrogen and oxygen atoms in total. The first-order chi connectivity index (χ1) is 12.7. The number of morpholine rings is 2. The Morgan fingerprint density at radius 2 is 1.67 bits per heavy atom. The summed E-state index contributed by atoms with van der Waals surface area (Å²) in [4.78, 5) is 5.03. The molecule has 27 heavy (non-hydrogen) atoms. The maximum Gasteiger partial charge on any atom is 0.0707 e. The largest absolute Gasteiger partial charge is 0.396 e. The molecule has 0 aromatic heterocycles. The van der Waals surface area contributed by atoms with Crippen LogP contribution in [-0.2, 0) is 9.47 Å². The van der Waals surface area contributed by atoms with Gasteiger partial charge in [0.15, 0.2) is 0 Å². The van der Waals surface area contributed by atoms with Crippen LogP contribution in [0.3, 0.4) is 0 Å². The lowest BCUT2D eigenvalue weighted by atomic mass is 9.80. The van der Waals surface area contributed by atoms with Gasteiger partial charge in [-0.3, -0.25) is 9.80 Å². The Balaban J connectivity index is 1.74. The highest BCUT2D eigenvalue weighted by Gasteiger charge is 2.31. The van der Waals surface area contributed by atoms with Crippen molar-refractivity contribution in [3.8, 4) is 0 Å². The summed E-state index contributed by atoms with van der Waals surface area (Å²) in [5, 5.41) is 9.78. The summed E-state index contributed by atoms with van der Waals surface area (Å²) in [6.07, 6.45) is 3.92. The smallest absolute Gasteiger partial charge is 0.0707 e. The molecule has 0 bridgehead atoms. The van der Waals surface area contributed by atoms with Gasteiger partial charge in [-0.25, -0.2) is 0 Å². The van der Waals surface area contributed by atoms with Crippen LogP contribution >= 0.6 is 0 Å². The van der Waals surface area contributed by atoms with Crippen molar-refractivity contribution < 1.29 is 14.6 Å². The molecule has 0 amide bonds. The Morgan fingerprint density at radius 3 is 2.30 bits per heavy atom. The normalized spacial score (nSPS) is 24.9. The number of nitrogens with zero attached hydrogens (tertiary/aromatic N) is 2. The molecule has 2 fully saturated rings. The average Bonchev–Trinajstić information content (AvgIpc) is 2.59. The van der Waals surface area contributed by atoms with Gasteiger partial charge in [-0.1, -0.05) is 34.6 Å². The second-order valence-electron chi connectivity index (χ2n) is 10.4. The highest BCUT2D eigenvalue weighted by atomic mass is 16.5. The van der Waals surface area contributed by atoms with Crippen molar-refractivity contribution >= 4 is 0 Å². The molecule has 160 valence electrons. The van der Waals surface area contributed by atoms with Gasteiger partial charge in [0.25, 0.3) is 0 Å². The Labute approximate surface area is 167 Å². The van der Waals surface area contributed by atoms with Gasteiger partial charge in [0, 0.05) is 39.3 Å². The summed E-state index contributed by atoms with van der Waals surface area (Å²) < 4.78 is 11.5. The maximum absolute atomic E-state index is 9.78. The number of hydrogen-bond donors (Lipinski definition) is 1. The van der Waals surface area contributed by atoms with E-state index >= 15 is 0 Å². The van der Waals surface area contributed by atoms with Crippen molar-refractivity contribution in [1.29, 1.82) is 0 Å². The summed E-state index contributed by atoms with van der Waals surface area (Å²) in [7, 11) is 0. The van der Waals surface area contributed by atoms with Crippen molar-refractivity contribution in [2.24, 2.45) is 16.7 Å². The quantitative estimate of drug-likeness (QED) is 0.662. The predicted molar refractivity (Wildman–Crippen MR) is 111 cm³/mol. The van der Waals surface area contributed by atoms with Crippen LogP contribution in [0, 0.1) is 16.7 Å². The standard InChI is InChI=1S/C22H44N2O3/c1-21(2,3)19(18-25)16-24-11-14-27-20(17-24)15-22(4,5)7-6-8-23-9-12-26-13-10-23/h19-20,25H,6-18H2,1-5H3. The zero-order valence-corrected chi connectivity index (χ0v) is 18.5. The van der Waals surface area contributed by atoms with Crippen LogP contribution in [0.2, 0.25) is 0 Å². The lowest BCUT2D eigenvalue weighted by molar-refractivity contribution is -0.0596. The van der Waals surface area contributed by atoms with E-state index in [0.717, 1.165) is 59.0 Å². The van der Waals surface area contributed by atoms with Crippen LogP contribution in [0.5, 0.6) is 0 Å². The maximum atomic E-state index is 9.78. The Kier molecular flexibility index (Phi) is 9.01. The topological polar surface area (TPSA) is 45.2 Å². The number of ether oxygens (including phenoxy) is 2. The van der Waals surface area contributed by atoms with Gasteiger partial charge in [-0.2, -0.15) is 0 Å². The molecule has 0 aromatic rings. The molecule has 2 unspecified atom stereocenters. The Bertz CT molecular complexity index is 416. The second-order valence-corrected chi connectivity index (χ2v) is 10.4. The average molecular weight is 385 g/mol. The number of hydrogen-bond acceptors (Lipinski definition) is 5. The van der Waals surface area contributed by atoms with Gasteiger partial charge >= 0.3 is 0 Å². The van der Waals surface area contributed by atoms with Crippen LogP contribution in [0.15, 0.2) is 0 Å². The molecule has 2 heterocycles. The fraction of sp³-hybridized carbons (Fsp3) is 1.00. The van der Waals surface area contributed by atoms with Crippen LogP contribution in [0.25, 0.3) is 0 Å². The van der Waals surface area contributed by atoms with Crippen molar-refractivity contribution in [2.45, 2.75) is 60.0 Å². The molecule has 2 aliphatic heterocycles. The second kappa shape index (κ2) is 10.5. The summed E-state index contributed by atoms with van der Waals surface area (Å²) in [5.41, 5.74) is 0.446. The third-order valence-electron chi connectivity index (χ3n) is 6.36. The first-order valence-corrected chi connectivity index (χ1v) is 10.9. The predicted octanol–water partition coefficient (Wildman–Crippen LogP) is 2.87. The highest BCUT2D eigenvalue weighted by Crippen LogP contribution is 2.32. The van der Waals surface area contributed by atoms with Crippen LogP contribution in [0.1, 0.15) is 53.9 Å². The molecule has 2 saturated heterocycles. The van der Waals surface area contributed by atoms with Crippen LogP contribution in [0.4, 0.5) is 0 Å². The first-order valence-electron chi connectivity index (χ1n) is 10.9. The van der Waals surface area contributed by atoms with E-state index in [2.05, 4.69) is 44.4 Å². The zero-order chi connectivity index (χ0) is 19.9. The summed E-state index contributed by atoms with van der Waals surface area (Å²) in [6.45, 7) is 20.6. The molecule has 0 aromatic carbocycles. The highest BCUT2D eigenvalue weighted by molar-refractivity contribution is 4.83. The van der Waals surface area contributed by atoms with Gasteiger partial charge in [-0.15, -0.1) is 0 Å². The van der Waals surface area contributed by atoms with Gasteiger partial charge in [0.05, 0.1) is 25.9 Å². The number of rotatable bonds is 9. The molecule has 0 aliphatic carbocycles. The van der Waals surface area contributed by atoms with Crippen molar-refractivity contribution in [3.05, 3.63) is 0 Å². The molecule has 2 aliphatic rings. The fourth-order valence-electron chi connectivity index (χ4n) is 4.31. The SMILES string of the molecule is CC(C)(CCCN1CCOCC1)CC1CN(CC(CO)C(C)(C)C)CCO1. The van der Waals surface area contributed by atoms with Crippen LogP contribution < -0.4 is 0 Å². The van der Waals surface area contributed by atoms with E-state index < -0.39 is 0 Å². The molecule has 2 atom stereocenters. The van der Waals surface area contributed by atoms with Crippen molar-refractivity contribution in [1.82, 2.24) is 9.80 Å². The number of aliphatic hydroxyl groups is 1. The molecule has 5 heteroatoms. The van der Waals surface area contributed by atoms with E-state index in [0.29, 0.717) is 17.4 Å². The minimum atomic E-state index is 0.140. The van der Waals surface area contributed by atoms with Gasteiger partial charge in [-0.05, 0) is 42.6 Å². The zero-order valence-electron chi connectivity index (χ0n) is 18.5. The van der Waals surface area contributed by atoms with E-state index in [1.165, 1.54) is 19.4 Å². The molecule has 2 rings (SSSR count). The van der Waals surface area contributed by atoms with Crippen molar-refractivity contribution in [2.75, 3.05) is 65.7 Å². The van der Waals surface area contributed by atoms with E-state index in [-0.39, 0.29) is 12.0 Å². The Hall–Kier alpha value is -0.200. The fourth-order valence-corrected chi connectivity index (χ4v) is 4.31. The van der Waals surface area contributed by atoms with E-state index in [1.54, 1.807) is 0 Å². The van der Waals surface area contributed by atoms with E-state index in [9.17, 15) is 5.11 Å². The molecular weight excluding hydrogens is 340 g/mol. The molecular formula is C22H44N2O3. The summed E-state index contributed by atoms with van der Waals surface area (Å²) >= 11 is 0. The minimum absolute atomic E-state index is 0.140. The monoisotopic (exact) mass is 384 g/mol. The van der Waals surface area contributed by atoms with Crippen LogP contribution in [-0.4, -0.2) is 86.7 Å². The number of aliphatic hydroxyl groups excluding tert-OH is 1. The van der Waals surface area contributed by atoms with Gasteiger partial charge in [0.1, 0.15) is 0 Å². The van der Waals surface area contributed by atoms with Gasteiger partial charge < -0.3 is 14.6 Å². The molecule has 0 saturated carbocycles. The molecule has 0 spiro atoms. The third kappa shape index (κ3) is 8.36. The summed E-state index contributed by atoms with van der Waals surface area (Å²) in [5.74, 6) is 0.317. The van der Waals surface area contributed by atoms with Gasteiger partial charge in [0.2, 0.25) is 0 Å². The Morgan fingerprint density at radius 1 is 1.00 bits per heavy atom. The lowest BCUT2D eigenvalue weighted by Gasteiger charge is -2.40. The van der Waals surface area contributed by atoms with Crippen molar-refractivity contribution in [3.63, 3.8) is 0 Å². The molecule has 1 N–H and O–H groups in total. The molecule has 0 radical (unpaired) electrons. The first kappa shape index (κ1) is 23.1. The summed E-state index contributed by atoms with van der Waals surface area (Å²) in [6, 6.07) is 0. The third-order valence-corrected chi connectivity index (χ3v) is 6.36. The van der Waals surface area contributed by atoms with E-state index in [4.69, 9.17) is 9.47 Å². The van der Waals surface area contributed by atoms with E-state index in [1.807, 2.05) is 0 Å². The lowest BCUT2D eigenvalue weighted by Crippen LogP contribution is -2.47.